The second-order valence-electron chi connectivity index (χ2n) is 4.73. The van der Waals surface area contributed by atoms with Crippen molar-refractivity contribution in [2.24, 2.45) is 5.73 Å². The van der Waals surface area contributed by atoms with E-state index in [1.807, 2.05) is 36.5 Å². The summed E-state index contributed by atoms with van der Waals surface area (Å²) in [5.41, 5.74) is 9.50. The third kappa shape index (κ3) is 2.71. The molecule has 17 heavy (non-hydrogen) atoms. The Morgan fingerprint density at radius 3 is 2.47 bits per heavy atom. The monoisotopic (exact) mass is 226 g/mol. The van der Waals surface area contributed by atoms with Gasteiger partial charge in [-0.25, -0.2) is 0 Å². The van der Waals surface area contributed by atoms with Crippen LogP contribution in [0.2, 0.25) is 0 Å². The molecule has 0 radical (unpaired) electrons. The molecule has 2 N–H and O–H groups in total. The molecule has 2 aromatic rings. The van der Waals surface area contributed by atoms with E-state index >= 15 is 0 Å². The van der Waals surface area contributed by atoms with Gasteiger partial charge < -0.3 is 5.73 Å². The summed E-state index contributed by atoms with van der Waals surface area (Å²) in [6.07, 6.45) is 2.56. The summed E-state index contributed by atoms with van der Waals surface area (Å²) in [4.78, 5) is 4.34. The lowest BCUT2D eigenvalue weighted by Gasteiger charge is -2.26. The van der Waals surface area contributed by atoms with Crippen LogP contribution in [0.4, 0.5) is 0 Å². The van der Waals surface area contributed by atoms with Gasteiger partial charge in [-0.2, -0.15) is 0 Å². The molecule has 1 heterocycles. The molecule has 2 nitrogen and oxygen atoms in total. The Bertz CT molecular complexity index is 489. The van der Waals surface area contributed by atoms with Crippen molar-refractivity contribution in [1.82, 2.24) is 4.98 Å². The Labute approximate surface area is 103 Å². The van der Waals surface area contributed by atoms with Crippen LogP contribution < -0.4 is 5.73 Å². The Balaban J connectivity index is 2.28. The van der Waals surface area contributed by atoms with Gasteiger partial charge in [0.25, 0.3) is 0 Å². The van der Waals surface area contributed by atoms with Crippen molar-refractivity contribution < 1.29 is 0 Å². The average Bonchev–Trinajstić information content (AvgIpc) is 2.30. The summed E-state index contributed by atoms with van der Waals surface area (Å²) < 4.78 is 0. The van der Waals surface area contributed by atoms with Gasteiger partial charge in [0, 0.05) is 23.9 Å². The van der Waals surface area contributed by atoms with E-state index < -0.39 is 0 Å². The van der Waals surface area contributed by atoms with Crippen molar-refractivity contribution in [1.29, 1.82) is 0 Å². The van der Waals surface area contributed by atoms with Gasteiger partial charge in [0.1, 0.15) is 0 Å². The molecule has 1 aromatic heterocycles. The third-order valence-electron chi connectivity index (χ3n) is 3.03. The minimum absolute atomic E-state index is 0.375. The topological polar surface area (TPSA) is 38.9 Å². The van der Waals surface area contributed by atoms with E-state index in [9.17, 15) is 0 Å². The van der Waals surface area contributed by atoms with Gasteiger partial charge in [-0.05, 0) is 37.1 Å². The standard InChI is InChI=1S/C15H18N2/c1-12-7-3-4-9-14(12)15(2,16)11-13-8-5-6-10-17-13/h3-10H,11,16H2,1-2H3. The fourth-order valence-electron chi connectivity index (χ4n) is 2.19. The predicted molar refractivity (Wildman–Crippen MR) is 70.7 cm³/mol. The maximum Gasteiger partial charge on any atom is 0.0439 e. The second kappa shape index (κ2) is 4.68. The Morgan fingerprint density at radius 1 is 1.12 bits per heavy atom. The first-order valence-electron chi connectivity index (χ1n) is 5.84. The summed E-state index contributed by atoms with van der Waals surface area (Å²) in [6, 6.07) is 14.2. The van der Waals surface area contributed by atoms with Crippen molar-refractivity contribution >= 4 is 0 Å². The number of hydrogen-bond acceptors (Lipinski definition) is 2. The lowest BCUT2D eigenvalue weighted by molar-refractivity contribution is 0.482. The molecule has 1 unspecified atom stereocenters. The van der Waals surface area contributed by atoms with Crippen LogP contribution in [0.3, 0.4) is 0 Å². The molecule has 0 bridgehead atoms. The lowest BCUT2D eigenvalue weighted by Crippen LogP contribution is -2.36. The van der Waals surface area contributed by atoms with Gasteiger partial charge in [-0.15, -0.1) is 0 Å². The first-order chi connectivity index (χ1) is 8.09. The first kappa shape index (κ1) is 11.8. The van der Waals surface area contributed by atoms with Crippen LogP contribution in [-0.2, 0) is 12.0 Å². The molecule has 0 aliphatic carbocycles. The van der Waals surface area contributed by atoms with E-state index in [2.05, 4.69) is 31.0 Å². The maximum absolute atomic E-state index is 6.43. The molecular formula is C15H18N2. The number of benzene rings is 1. The number of pyridine rings is 1. The molecule has 88 valence electrons. The van der Waals surface area contributed by atoms with Gasteiger partial charge >= 0.3 is 0 Å². The highest BCUT2D eigenvalue weighted by molar-refractivity contribution is 5.33. The summed E-state index contributed by atoms with van der Waals surface area (Å²) >= 11 is 0. The van der Waals surface area contributed by atoms with Gasteiger partial charge in [0.05, 0.1) is 0 Å². The number of nitrogens with two attached hydrogens (primary N) is 1. The molecule has 1 aromatic carbocycles. The Hall–Kier alpha value is -1.67. The summed E-state index contributed by atoms with van der Waals surface area (Å²) in [5.74, 6) is 0. The third-order valence-corrected chi connectivity index (χ3v) is 3.03. The zero-order valence-electron chi connectivity index (χ0n) is 10.4. The minimum Gasteiger partial charge on any atom is -0.321 e. The van der Waals surface area contributed by atoms with Crippen molar-refractivity contribution in [3.05, 3.63) is 65.5 Å². The average molecular weight is 226 g/mol. The summed E-state index contributed by atoms with van der Waals surface area (Å²) in [7, 11) is 0. The molecule has 2 rings (SSSR count). The molecule has 2 heteroatoms. The molecule has 0 amide bonds. The smallest absolute Gasteiger partial charge is 0.0439 e. The van der Waals surface area contributed by atoms with Crippen LogP contribution in [-0.4, -0.2) is 4.98 Å². The van der Waals surface area contributed by atoms with Crippen molar-refractivity contribution in [2.75, 3.05) is 0 Å². The molecule has 0 spiro atoms. The summed E-state index contributed by atoms with van der Waals surface area (Å²) in [6.45, 7) is 4.16. The fraction of sp³-hybridized carbons (Fsp3) is 0.267. The van der Waals surface area contributed by atoms with Crippen LogP contribution >= 0.6 is 0 Å². The Kier molecular flexibility index (Phi) is 3.25. The van der Waals surface area contributed by atoms with Crippen molar-refractivity contribution in [3.8, 4) is 0 Å². The van der Waals surface area contributed by atoms with E-state index in [0.29, 0.717) is 0 Å². The number of hydrogen-bond donors (Lipinski definition) is 1. The summed E-state index contributed by atoms with van der Waals surface area (Å²) in [5, 5.41) is 0. The number of rotatable bonds is 3. The normalized spacial score (nSPS) is 14.3. The van der Waals surface area contributed by atoms with Gasteiger partial charge in [0.15, 0.2) is 0 Å². The molecule has 0 fully saturated rings. The van der Waals surface area contributed by atoms with Crippen LogP contribution in [0.5, 0.6) is 0 Å². The zero-order valence-corrected chi connectivity index (χ0v) is 10.4. The molecule has 0 saturated carbocycles. The van der Waals surface area contributed by atoms with Crippen molar-refractivity contribution in [2.45, 2.75) is 25.8 Å². The van der Waals surface area contributed by atoms with Gasteiger partial charge in [-0.3, -0.25) is 4.98 Å². The largest absolute Gasteiger partial charge is 0.321 e. The molecule has 0 aliphatic rings. The quantitative estimate of drug-likeness (QED) is 0.874. The fourth-order valence-corrected chi connectivity index (χ4v) is 2.19. The van der Waals surface area contributed by atoms with E-state index in [-0.39, 0.29) is 5.54 Å². The SMILES string of the molecule is Cc1ccccc1C(C)(N)Cc1ccccn1. The van der Waals surface area contributed by atoms with Crippen LogP contribution in [0.25, 0.3) is 0 Å². The first-order valence-corrected chi connectivity index (χ1v) is 5.84. The number of nitrogens with zero attached hydrogens (tertiary/aromatic N) is 1. The van der Waals surface area contributed by atoms with Gasteiger partial charge in [-0.1, -0.05) is 30.3 Å². The maximum atomic E-state index is 6.43. The molecule has 1 atom stereocenters. The highest BCUT2D eigenvalue weighted by Crippen LogP contribution is 2.24. The number of aromatic nitrogens is 1. The van der Waals surface area contributed by atoms with E-state index in [1.165, 1.54) is 11.1 Å². The van der Waals surface area contributed by atoms with E-state index in [0.717, 1.165) is 12.1 Å². The molecular weight excluding hydrogens is 208 g/mol. The molecule has 0 aliphatic heterocycles. The lowest BCUT2D eigenvalue weighted by atomic mass is 9.85. The number of aryl methyl sites for hydroxylation is 1. The predicted octanol–water partition coefficient (Wildman–Crippen LogP) is 2.81. The van der Waals surface area contributed by atoms with E-state index in [1.54, 1.807) is 0 Å². The molecule has 0 saturated heterocycles. The van der Waals surface area contributed by atoms with Crippen LogP contribution in [0.1, 0.15) is 23.7 Å². The second-order valence-corrected chi connectivity index (χ2v) is 4.73. The van der Waals surface area contributed by atoms with Crippen LogP contribution in [0.15, 0.2) is 48.7 Å². The van der Waals surface area contributed by atoms with Crippen molar-refractivity contribution in [3.63, 3.8) is 0 Å². The minimum atomic E-state index is -0.375. The zero-order chi connectivity index (χ0) is 12.3. The Morgan fingerprint density at radius 2 is 1.82 bits per heavy atom. The van der Waals surface area contributed by atoms with Crippen LogP contribution in [0, 0.1) is 6.92 Å². The van der Waals surface area contributed by atoms with E-state index in [4.69, 9.17) is 5.73 Å². The highest BCUT2D eigenvalue weighted by Gasteiger charge is 2.23. The van der Waals surface area contributed by atoms with Gasteiger partial charge in [0.2, 0.25) is 0 Å². The highest BCUT2D eigenvalue weighted by atomic mass is 14.8.